The Kier molecular flexibility index (Phi) is 12.6. The Morgan fingerprint density at radius 3 is 1.38 bits per heavy atom. The minimum absolute atomic E-state index is 0.114. The predicted octanol–water partition coefficient (Wildman–Crippen LogP) is 5.67. The summed E-state index contributed by atoms with van der Waals surface area (Å²) in [5.74, 6) is 0. The Labute approximate surface area is 149 Å². The van der Waals surface area contributed by atoms with Crippen LogP contribution in [0.15, 0.2) is 46.6 Å². The molecule has 136 valence electrons. The highest BCUT2D eigenvalue weighted by atomic mass is 16.2. The molecule has 2 amide bonds. The highest BCUT2D eigenvalue weighted by Crippen LogP contribution is 2.06. The number of urea groups is 1. The van der Waals surface area contributed by atoms with Crippen LogP contribution in [-0.2, 0) is 0 Å². The summed E-state index contributed by atoms with van der Waals surface area (Å²) in [7, 11) is 0. The molecule has 0 aromatic heterocycles. The van der Waals surface area contributed by atoms with Crippen LogP contribution in [0.3, 0.4) is 0 Å². The average Bonchev–Trinajstić information content (AvgIpc) is 2.46. The van der Waals surface area contributed by atoms with E-state index in [4.69, 9.17) is 0 Å². The molecule has 0 atom stereocenters. The fourth-order valence-electron chi connectivity index (χ4n) is 2.08. The normalized spacial score (nSPS) is 11.8. The topological polar surface area (TPSA) is 41.1 Å². The third kappa shape index (κ3) is 15.1. The van der Waals surface area contributed by atoms with E-state index in [9.17, 15) is 4.79 Å². The van der Waals surface area contributed by atoms with E-state index in [1.54, 1.807) is 0 Å². The van der Waals surface area contributed by atoms with Gasteiger partial charge >= 0.3 is 6.03 Å². The SMILES string of the molecule is CC(C)=CCC/C(C)=C/CNC(=O)NC/C=C(\C)CCC=C(C)C. The third-order valence-electron chi connectivity index (χ3n) is 3.61. The molecule has 0 rings (SSSR count). The van der Waals surface area contributed by atoms with Crippen molar-refractivity contribution in [2.75, 3.05) is 13.1 Å². The number of allylic oxidation sites excluding steroid dienone is 6. The van der Waals surface area contributed by atoms with Crippen LogP contribution in [0.25, 0.3) is 0 Å². The number of amides is 2. The van der Waals surface area contributed by atoms with Gasteiger partial charge in [-0.25, -0.2) is 4.79 Å². The van der Waals surface area contributed by atoms with Gasteiger partial charge in [-0.15, -0.1) is 0 Å². The second kappa shape index (κ2) is 13.6. The lowest BCUT2D eigenvalue weighted by atomic mass is 10.1. The van der Waals surface area contributed by atoms with E-state index >= 15 is 0 Å². The minimum atomic E-state index is -0.114. The third-order valence-corrected chi connectivity index (χ3v) is 3.61. The molecule has 0 unspecified atom stereocenters. The van der Waals surface area contributed by atoms with Gasteiger partial charge in [-0.3, -0.25) is 0 Å². The lowest BCUT2D eigenvalue weighted by molar-refractivity contribution is 0.243. The molecule has 24 heavy (non-hydrogen) atoms. The van der Waals surface area contributed by atoms with Crippen molar-refractivity contribution in [3.05, 3.63) is 46.6 Å². The van der Waals surface area contributed by atoms with Gasteiger partial charge in [0.25, 0.3) is 0 Å². The Morgan fingerprint density at radius 2 is 1.04 bits per heavy atom. The molecule has 0 aromatic carbocycles. The molecule has 3 heteroatoms. The molecule has 0 aliphatic rings. The molecule has 0 radical (unpaired) electrons. The van der Waals surface area contributed by atoms with Crippen LogP contribution in [0.2, 0.25) is 0 Å². The number of hydrogen-bond donors (Lipinski definition) is 2. The zero-order valence-electron chi connectivity index (χ0n) is 16.5. The molecule has 2 N–H and O–H groups in total. The van der Waals surface area contributed by atoms with E-state index in [1.165, 1.54) is 22.3 Å². The molecule has 0 saturated carbocycles. The largest absolute Gasteiger partial charge is 0.335 e. The molecule has 0 bridgehead atoms. The van der Waals surface area contributed by atoms with Gasteiger partial charge in [-0.1, -0.05) is 46.6 Å². The summed E-state index contributed by atoms with van der Waals surface area (Å²) in [6.45, 7) is 13.8. The zero-order valence-corrected chi connectivity index (χ0v) is 16.5. The molecule has 0 aromatic rings. The molecule has 0 fully saturated rings. The number of carbonyl (C=O) groups is 1. The maximum atomic E-state index is 11.7. The molecule has 0 aliphatic heterocycles. The van der Waals surface area contributed by atoms with Crippen LogP contribution in [0.5, 0.6) is 0 Å². The lowest BCUT2D eigenvalue weighted by Gasteiger charge is -2.05. The van der Waals surface area contributed by atoms with E-state index in [-0.39, 0.29) is 6.03 Å². The highest BCUT2D eigenvalue weighted by Gasteiger charge is 1.96. The number of hydrogen-bond acceptors (Lipinski definition) is 1. The van der Waals surface area contributed by atoms with Crippen molar-refractivity contribution in [3.8, 4) is 0 Å². The van der Waals surface area contributed by atoms with Gasteiger partial charge in [0.05, 0.1) is 0 Å². The van der Waals surface area contributed by atoms with E-state index < -0.39 is 0 Å². The first-order valence-corrected chi connectivity index (χ1v) is 8.91. The summed E-state index contributed by atoms with van der Waals surface area (Å²) in [5.41, 5.74) is 5.32. The first kappa shape index (κ1) is 22.2. The van der Waals surface area contributed by atoms with Crippen molar-refractivity contribution in [2.45, 2.75) is 67.2 Å². The quantitative estimate of drug-likeness (QED) is 0.497. The minimum Gasteiger partial charge on any atom is -0.335 e. The first-order valence-electron chi connectivity index (χ1n) is 8.91. The van der Waals surface area contributed by atoms with Crippen molar-refractivity contribution in [2.24, 2.45) is 0 Å². The van der Waals surface area contributed by atoms with Gasteiger partial charge < -0.3 is 10.6 Å². The van der Waals surface area contributed by atoms with Crippen LogP contribution in [0.1, 0.15) is 67.2 Å². The predicted molar refractivity (Wildman–Crippen MR) is 106 cm³/mol. The van der Waals surface area contributed by atoms with Gasteiger partial charge in [0.2, 0.25) is 0 Å². The van der Waals surface area contributed by atoms with Crippen molar-refractivity contribution in [3.63, 3.8) is 0 Å². The van der Waals surface area contributed by atoms with Crippen molar-refractivity contribution in [1.82, 2.24) is 10.6 Å². The monoisotopic (exact) mass is 332 g/mol. The summed E-state index contributed by atoms with van der Waals surface area (Å²) in [5, 5.41) is 5.73. The Morgan fingerprint density at radius 1 is 0.667 bits per heavy atom. The molecular weight excluding hydrogens is 296 g/mol. The second-order valence-electron chi connectivity index (χ2n) is 6.83. The standard InChI is InChI=1S/C21H36N2O/c1-17(2)9-7-11-19(5)13-15-22-21(24)23-16-14-20(6)12-8-10-18(3)4/h9-10,13-14H,7-8,11-12,15-16H2,1-6H3,(H2,22,23,24)/b19-13+,20-14+. The van der Waals surface area contributed by atoms with Crippen LogP contribution < -0.4 is 10.6 Å². The van der Waals surface area contributed by atoms with Crippen molar-refractivity contribution in [1.29, 1.82) is 0 Å². The molecular formula is C21H36N2O. The highest BCUT2D eigenvalue weighted by molar-refractivity contribution is 5.74. The fraction of sp³-hybridized carbons (Fsp3) is 0.571. The van der Waals surface area contributed by atoms with Crippen LogP contribution in [0, 0.1) is 0 Å². The number of carbonyl (C=O) groups excluding carboxylic acids is 1. The van der Waals surface area contributed by atoms with E-state index in [0.29, 0.717) is 13.1 Å². The maximum absolute atomic E-state index is 11.7. The summed E-state index contributed by atoms with van der Waals surface area (Å²) < 4.78 is 0. The molecule has 0 saturated heterocycles. The van der Waals surface area contributed by atoms with Gasteiger partial charge in [0, 0.05) is 13.1 Å². The lowest BCUT2D eigenvalue weighted by Crippen LogP contribution is -2.35. The Bertz CT molecular complexity index is 444. The summed E-state index contributed by atoms with van der Waals surface area (Å²) in [4.78, 5) is 11.7. The fourth-order valence-corrected chi connectivity index (χ4v) is 2.08. The molecule has 0 heterocycles. The van der Waals surface area contributed by atoms with Crippen LogP contribution in [-0.4, -0.2) is 19.1 Å². The first-order chi connectivity index (χ1) is 11.3. The molecule has 0 aliphatic carbocycles. The van der Waals surface area contributed by atoms with Gasteiger partial charge in [0.1, 0.15) is 0 Å². The Hall–Kier alpha value is -1.77. The van der Waals surface area contributed by atoms with Gasteiger partial charge in [-0.2, -0.15) is 0 Å². The summed E-state index contributed by atoms with van der Waals surface area (Å²) in [6, 6.07) is -0.114. The summed E-state index contributed by atoms with van der Waals surface area (Å²) >= 11 is 0. The van der Waals surface area contributed by atoms with Crippen LogP contribution in [0.4, 0.5) is 4.79 Å². The van der Waals surface area contributed by atoms with Gasteiger partial charge in [0.15, 0.2) is 0 Å². The molecule has 3 nitrogen and oxygen atoms in total. The van der Waals surface area contributed by atoms with Gasteiger partial charge in [-0.05, 0) is 67.2 Å². The number of nitrogens with one attached hydrogen (secondary N) is 2. The van der Waals surface area contributed by atoms with E-state index in [0.717, 1.165) is 25.7 Å². The smallest absolute Gasteiger partial charge is 0.315 e. The zero-order chi connectivity index (χ0) is 18.4. The Balaban J connectivity index is 3.90. The maximum Gasteiger partial charge on any atom is 0.315 e. The van der Waals surface area contributed by atoms with Crippen molar-refractivity contribution < 1.29 is 4.79 Å². The molecule has 0 spiro atoms. The number of rotatable bonds is 10. The van der Waals surface area contributed by atoms with Crippen LogP contribution >= 0.6 is 0 Å². The summed E-state index contributed by atoms with van der Waals surface area (Å²) in [6.07, 6.45) is 12.9. The van der Waals surface area contributed by atoms with E-state index in [1.807, 2.05) is 0 Å². The average molecular weight is 333 g/mol. The van der Waals surface area contributed by atoms with Crippen molar-refractivity contribution >= 4 is 6.03 Å². The van der Waals surface area contributed by atoms with E-state index in [2.05, 4.69) is 76.5 Å². The second-order valence-corrected chi connectivity index (χ2v) is 6.83.